The largest absolute Gasteiger partial charge is 0.486 e. The van der Waals surface area contributed by atoms with Crippen LogP contribution in [0.4, 0.5) is 13.2 Å². The van der Waals surface area contributed by atoms with E-state index in [1.165, 1.54) is 12.1 Å². The molecule has 1 aliphatic heterocycles. The zero-order valence-corrected chi connectivity index (χ0v) is 14.6. The highest BCUT2D eigenvalue weighted by Crippen LogP contribution is 2.31. The third kappa shape index (κ3) is 5.39. The molecule has 0 atom stereocenters. The molecule has 3 rings (SSSR count). The predicted molar refractivity (Wildman–Crippen MR) is 93.9 cm³/mol. The number of carbonyl (C=O) groups is 1. The average molecular weight is 379 g/mol. The van der Waals surface area contributed by atoms with Crippen LogP contribution < -0.4 is 14.8 Å². The summed E-state index contributed by atoms with van der Waals surface area (Å²) in [6, 6.07) is 10.6. The van der Waals surface area contributed by atoms with Crippen LogP contribution in [-0.4, -0.2) is 25.7 Å². The Kier molecular flexibility index (Phi) is 5.88. The number of rotatable bonds is 6. The summed E-state index contributed by atoms with van der Waals surface area (Å²) in [7, 11) is 0. The maximum absolute atomic E-state index is 12.5. The zero-order chi connectivity index (χ0) is 19.3. The summed E-state index contributed by atoms with van der Waals surface area (Å²) in [4.78, 5) is 12.0. The fourth-order valence-electron chi connectivity index (χ4n) is 2.80. The molecule has 0 saturated carbocycles. The Balaban J connectivity index is 1.41. The van der Waals surface area contributed by atoms with E-state index in [-0.39, 0.29) is 5.91 Å². The van der Waals surface area contributed by atoms with Crippen molar-refractivity contribution in [1.82, 2.24) is 5.32 Å². The first kappa shape index (κ1) is 19.1. The number of hydrogen-bond acceptors (Lipinski definition) is 3. The first-order chi connectivity index (χ1) is 12.9. The smallest absolute Gasteiger partial charge is 0.416 e. The molecule has 1 heterocycles. The number of halogens is 3. The molecule has 0 saturated heterocycles. The fourth-order valence-corrected chi connectivity index (χ4v) is 2.80. The summed E-state index contributed by atoms with van der Waals surface area (Å²) >= 11 is 0. The van der Waals surface area contributed by atoms with Gasteiger partial charge in [-0.1, -0.05) is 18.2 Å². The number of amides is 1. The second kappa shape index (κ2) is 8.33. The second-order valence-electron chi connectivity index (χ2n) is 6.27. The summed E-state index contributed by atoms with van der Waals surface area (Å²) in [6.07, 6.45) is -2.95. The van der Waals surface area contributed by atoms with Gasteiger partial charge in [0.2, 0.25) is 5.91 Å². The minimum absolute atomic E-state index is 0.100. The lowest BCUT2D eigenvalue weighted by Gasteiger charge is -2.18. The highest BCUT2D eigenvalue weighted by Gasteiger charge is 2.29. The molecule has 0 fully saturated rings. The molecule has 0 bridgehead atoms. The monoisotopic (exact) mass is 379 g/mol. The summed E-state index contributed by atoms with van der Waals surface area (Å²) in [5.41, 5.74) is 1.06. The van der Waals surface area contributed by atoms with Crippen molar-refractivity contribution in [2.75, 3.05) is 19.8 Å². The highest BCUT2D eigenvalue weighted by atomic mass is 19.4. The Morgan fingerprint density at radius 2 is 1.59 bits per heavy atom. The summed E-state index contributed by atoms with van der Waals surface area (Å²) in [6.45, 7) is 1.43. The van der Waals surface area contributed by atoms with Gasteiger partial charge in [-0.3, -0.25) is 4.79 Å². The number of nitrogens with one attached hydrogen (secondary N) is 1. The average Bonchev–Trinajstić information content (AvgIpc) is 2.66. The molecule has 27 heavy (non-hydrogen) atoms. The number of benzene rings is 2. The van der Waals surface area contributed by atoms with Crippen molar-refractivity contribution >= 4 is 5.91 Å². The maximum atomic E-state index is 12.5. The summed E-state index contributed by atoms with van der Waals surface area (Å²) < 4.78 is 48.5. The fraction of sp³-hybridized carbons (Fsp3) is 0.350. The van der Waals surface area contributed by atoms with E-state index in [0.717, 1.165) is 23.3 Å². The van der Waals surface area contributed by atoms with Crippen molar-refractivity contribution in [2.24, 2.45) is 0 Å². The van der Waals surface area contributed by atoms with Gasteiger partial charge in [0.15, 0.2) is 11.5 Å². The third-order valence-electron chi connectivity index (χ3n) is 4.26. The first-order valence-corrected chi connectivity index (χ1v) is 8.73. The van der Waals surface area contributed by atoms with Gasteiger partial charge in [0.1, 0.15) is 13.2 Å². The molecule has 0 aliphatic carbocycles. The van der Waals surface area contributed by atoms with Crippen LogP contribution in [0.5, 0.6) is 11.5 Å². The Morgan fingerprint density at radius 1 is 0.926 bits per heavy atom. The van der Waals surface area contributed by atoms with Crippen LogP contribution in [0.15, 0.2) is 42.5 Å². The molecule has 1 amide bonds. The Hall–Kier alpha value is -2.70. The molecule has 2 aromatic rings. The summed E-state index contributed by atoms with van der Waals surface area (Å²) in [5.74, 6) is 1.31. The quantitative estimate of drug-likeness (QED) is 0.831. The third-order valence-corrected chi connectivity index (χ3v) is 4.26. The lowest BCUT2D eigenvalue weighted by Crippen LogP contribution is -2.25. The maximum Gasteiger partial charge on any atom is 0.416 e. The number of hydrogen-bond donors (Lipinski definition) is 1. The van der Waals surface area contributed by atoms with Crippen molar-refractivity contribution in [3.63, 3.8) is 0 Å². The van der Waals surface area contributed by atoms with Crippen LogP contribution in [0, 0.1) is 0 Å². The summed E-state index contributed by atoms with van der Waals surface area (Å²) in [5, 5.41) is 2.79. The van der Waals surface area contributed by atoms with Crippen molar-refractivity contribution < 1.29 is 27.4 Å². The number of carbonyl (C=O) groups excluding carboxylic acids is 1. The minimum Gasteiger partial charge on any atom is -0.486 e. The molecule has 1 N–H and O–H groups in total. The molecule has 2 aromatic carbocycles. The van der Waals surface area contributed by atoms with E-state index in [4.69, 9.17) is 9.47 Å². The molecule has 0 aromatic heterocycles. The van der Waals surface area contributed by atoms with Gasteiger partial charge in [-0.2, -0.15) is 13.2 Å². The van der Waals surface area contributed by atoms with E-state index in [2.05, 4.69) is 5.32 Å². The number of fused-ring (bicyclic) bond motifs is 1. The van der Waals surface area contributed by atoms with Crippen molar-refractivity contribution in [2.45, 2.75) is 25.4 Å². The second-order valence-corrected chi connectivity index (χ2v) is 6.27. The first-order valence-electron chi connectivity index (χ1n) is 8.73. The van der Waals surface area contributed by atoms with E-state index in [9.17, 15) is 18.0 Å². The van der Waals surface area contributed by atoms with Gasteiger partial charge < -0.3 is 14.8 Å². The van der Waals surface area contributed by atoms with Gasteiger partial charge in [0.05, 0.1) is 5.56 Å². The highest BCUT2D eigenvalue weighted by molar-refractivity contribution is 5.76. The molecule has 0 unspecified atom stereocenters. The standard InChI is InChI=1S/C20H20F3NO3/c21-20(22,23)16-5-1-14(2-6-16)9-10-24-19(25)8-4-15-3-7-17-18(13-15)27-12-11-26-17/h1-3,5-7,13H,4,8-12H2,(H,24,25). The number of ether oxygens (including phenoxy) is 2. The molecule has 4 nitrogen and oxygen atoms in total. The van der Waals surface area contributed by atoms with Gasteiger partial charge in [-0.25, -0.2) is 0 Å². The number of aryl methyl sites for hydroxylation is 1. The van der Waals surface area contributed by atoms with E-state index in [1.807, 2.05) is 18.2 Å². The Bertz CT molecular complexity index is 788. The van der Waals surface area contributed by atoms with Gasteiger partial charge in [-0.15, -0.1) is 0 Å². The van der Waals surface area contributed by atoms with E-state index >= 15 is 0 Å². The minimum atomic E-state index is -4.33. The van der Waals surface area contributed by atoms with Gasteiger partial charge in [0, 0.05) is 13.0 Å². The van der Waals surface area contributed by atoms with Gasteiger partial charge in [0.25, 0.3) is 0 Å². The van der Waals surface area contributed by atoms with Crippen LogP contribution >= 0.6 is 0 Å². The lowest BCUT2D eigenvalue weighted by molar-refractivity contribution is -0.137. The van der Waals surface area contributed by atoms with Crippen LogP contribution in [-0.2, 0) is 23.8 Å². The van der Waals surface area contributed by atoms with Crippen molar-refractivity contribution in [3.8, 4) is 11.5 Å². The van der Waals surface area contributed by atoms with Gasteiger partial charge in [-0.05, 0) is 48.2 Å². The van der Waals surface area contributed by atoms with E-state index in [1.54, 1.807) is 0 Å². The van der Waals surface area contributed by atoms with E-state index < -0.39 is 11.7 Å². The Labute approximate surface area is 155 Å². The topological polar surface area (TPSA) is 47.6 Å². The molecule has 144 valence electrons. The molecule has 1 aliphatic rings. The van der Waals surface area contributed by atoms with Crippen LogP contribution in [0.1, 0.15) is 23.1 Å². The molecular weight excluding hydrogens is 359 g/mol. The molecule has 0 spiro atoms. The normalized spacial score (nSPS) is 13.3. The van der Waals surface area contributed by atoms with Crippen LogP contribution in [0.3, 0.4) is 0 Å². The lowest BCUT2D eigenvalue weighted by atomic mass is 10.1. The molecule has 0 radical (unpaired) electrons. The molecular formula is C20H20F3NO3. The van der Waals surface area contributed by atoms with Crippen molar-refractivity contribution in [1.29, 1.82) is 0 Å². The Morgan fingerprint density at radius 3 is 2.30 bits per heavy atom. The predicted octanol–water partition coefficient (Wildman–Crippen LogP) is 3.77. The van der Waals surface area contributed by atoms with Crippen molar-refractivity contribution in [3.05, 3.63) is 59.2 Å². The van der Waals surface area contributed by atoms with Crippen LogP contribution in [0.25, 0.3) is 0 Å². The number of alkyl halides is 3. The molecule has 7 heteroatoms. The van der Waals surface area contributed by atoms with Gasteiger partial charge >= 0.3 is 6.18 Å². The van der Waals surface area contributed by atoms with E-state index in [0.29, 0.717) is 50.5 Å². The SMILES string of the molecule is O=C(CCc1ccc2c(c1)OCCO2)NCCc1ccc(C(F)(F)F)cc1. The zero-order valence-electron chi connectivity index (χ0n) is 14.6. The van der Waals surface area contributed by atoms with Crippen LogP contribution in [0.2, 0.25) is 0 Å².